The number of hydrogen-bond donors (Lipinski definition) is 0. The number of halogens is 2. The summed E-state index contributed by atoms with van der Waals surface area (Å²) >= 11 is 0. The van der Waals surface area contributed by atoms with Gasteiger partial charge in [0.1, 0.15) is 0 Å². The van der Waals surface area contributed by atoms with Gasteiger partial charge in [0, 0.05) is 0 Å². The lowest BCUT2D eigenvalue weighted by molar-refractivity contribution is 0.231. The SMILES string of the molecule is C[C@@H](N=CC(F)F)c1ccccc1. The monoisotopic (exact) mass is 183 g/mol. The fourth-order valence-corrected chi connectivity index (χ4v) is 1.01. The van der Waals surface area contributed by atoms with E-state index >= 15 is 0 Å². The van der Waals surface area contributed by atoms with E-state index < -0.39 is 6.43 Å². The van der Waals surface area contributed by atoms with Crippen LogP contribution in [-0.4, -0.2) is 12.6 Å². The molecule has 0 aliphatic carbocycles. The van der Waals surface area contributed by atoms with Crippen LogP contribution in [-0.2, 0) is 0 Å². The highest BCUT2D eigenvalue weighted by molar-refractivity contribution is 5.61. The van der Waals surface area contributed by atoms with Gasteiger partial charge in [-0.15, -0.1) is 0 Å². The summed E-state index contributed by atoms with van der Waals surface area (Å²) in [6, 6.07) is 9.15. The minimum absolute atomic E-state index is 0.199. The van der Waals surface area contributed by atoms with Crippen LogP contribution < -0.4 is 0 Å². The lowest BCUT2D eigenvalue weighted by Crippen LogP contribution is -1.95. The molecule has 1 nitrogen and oxygen atoms in total. The Balaban J connectivity index is 2.64. The molecule has 0 radical (unpaired) electrons. The molecule has 0 saturated heterocycles. The van der Waals surface area contributed by atoms with Gasteiger partial charge in [-0.2, -0.15) is 0 Å². The second-order valence-corrected chi connectivity index (χ2v) is 2.72. The van der Waals surface area contributed by atoms with Crippen molar-refractivity contribution in [2.75, 3.05) is 0 Å². The van der Waals surface area contributed by atoms with E-state index in [1.807, 2.05) is 30.3 Å². The van der Waals surface area contributed by atoms with Crippen molar-refractivity contribution < 1.29 is 8.78 Å². The van der Waals surface area contributed by atoms with E-state index in [1.165, 1.54) is 0 Å². The number of alkyl halides is 2. The first-order chi connectivity index (χ1) is 6.20. The molecule has 0 heterocycles. The van der Waals surface area contributed by atoms with Crippen LogP contribution in [0.5, 0.6) is 0 Å². The standard InChI is InChI=1S/C10H11F2N/c1-8(13-7-10(11)12)9-5-3-2-4-6-9/h2-8,10H,1H3/t8-/m1/s1. The summed E-state index contributed by atoms with van der Waals surface area (Å²) < 4.78 is 23.5. The van der Waals surface area contributed by atoms with Crippen LogP contribution >= 0.6 is 0 Å². The van der Waals surface area contributed by atoms with E-state index in [1.54, 1.807) is 6.92 Å². The van der Waals surface area contributed by atoms with Crippen LogP contribution in [0.3, 0.4) is 0 Å². The fourth-order valence-electron chi connectivity index (χ4n) is 1.01. The van der Waals surface area contributed by atoms with Crippen molar-refractivity contribution in [3.63, 3.8) is 0 Å². The maximum atomic E-state index is 11.8. The molecule has 0 bridgehead atoms. The molecule has 13 heavy (non-hydrogen) atoms. The summed E-state index contributed by atoms with van der Waals surface area (Å²) in [7, 11) is 0. The Labute approximate surface area is 76.1 Å². The average Bonchev–Trinajstić information content (AvgIpc) is 2.15. The van der Waals surface area contributed by atoms with Crippen LogP contribution in [0.1, 0.15) is 18.5 Å². The summed E-state index contributed by atoms with van der Waals surface area (Å²) in [5, 5.41) is 0. The summed E-state index contributed by atoms with van der Waals surface area (Å²) in [6.07, 6.45) is -1.79. The molecule has 0 spiro atoms. The van der Waals surface area contributed by atoms with Crippen molar-refractivity contribution in [3.8, 4) is 0 Å². The van der Waals surface area contributed by atoms with Crippen molar-refractivity contribution >= 4 is 6.21 Å². The molecule has 0 aliphatic rings. The number of aliphatic imine (C=N–C) groups is 1. The lowest BCUT2D eigenvalue weighted by Gasteiger charge is -2.04. The third-order valence-electron chi connectivity index (χ3n) is 1.70. The average molecular weight is 183 g/mol. The first-order valence-electron chi connectivity index (χ1n) is 4.06. The Morgan fingerprint density at radius 3 is 2.38 bits per heavy atom. The molecular formula is C10H11F2N. The van der Waals surface area contributed by atoms with E-state index in [0.717, 1.165) is 5.56 Å². The Morgan fingerprint density at radius 1 is 1.23 bits per heavy atom. The molecule has 0 amide bonds. The third-order valence-corrected chi connectivity index (χ3v) is 1.70. The molecule has 0 fully saturated rings. The van der Waals surface area contributed by atoms with Crippen molar-refractivity contribution in [1.29, 1.82) is 0 Å². The maximum absolute atomic E-state index is 11.8. The predicted octanol–water partition coefficient (Wildman–Crippen LogP) is 3.08. The molecule has 70 valence electrons. The lowest BCUT2D eigenvalue weighted by atomic mass is 10.1. The van der Waals surface area contributed by atoms with Crippen molar-refractivity contribution in [2.45, 2.75) is 19.4 Å². The van der Waals surface area contributed by atoms with Gasteiger partial charge in [-0.05, 0) is 12.5 Å². The third kappa shape index (κ3) is 3.32. The van der Waals surface area contributed by atoms with Gasteiger partial charge < -0.3 is 0 Å². The Hall–Kier alpha value is -1.25. The van der Waals surface area contributed by atoms with Gasteiger partial charge >= 0.3 is 0 Å². The van der Waals surface area contributed by atoms with Crippen molar-refractivity contribution in [3.05, 3.63) is 35.9 Å². The second-order valence-electron chi connectivity index (χ2n) is 2.72. The molecule has 1 aromatic carbocycles. The second kappa shape index (κ2) is 4.70. The minimum Gasteiger partial charge on any atom is -0.284 e. The number of nitrogens with zero attached hydrogens (tertiary/aromatic N) is 1. The molecule has 0 N–H and O–H groups in total. The molecule has 0 unspecified atom stereocenters. The summed E-state index contributed by atoms with van der Waals surface area (Å²) in [5.74, 6) is 0. The van der Waals surface area contributed by atoms with E-state index in [-0.39, 0.29) is 6.04 Å². The molecule has 1 rings (SSSR count). The van der Waals surface area contributed by atoms with Gasteiger partial charge in [-0.25, -0.2) is 8.78 Å². The van der Waals surface area contributed by atoms with Crippen LogP contribution in [0.4, 0.5) is 8.78 Å². The van der Waals surface area contributed by atoms with Crippen molar-refractivity contribution in [2.24, 2.45) is 4.99 Å². The van der Waals surface area contributed by atoms with Crippen LogP contribution in [0.25, 0.3) is 0 Å². The van der Waals surface area contributed by atoms with Crippen LogP contribution in [0, 0.1) is 0 Å². The molecule has 1 aromatic rings. The smallest absolute Gasteiger partial charge is 0.273 e. The largest absolute Gasteiger partial charge is 0.284 e. The summed E-state index contributed by atoms with van der Waals surface area (Å²) in [4.78, 5) is 3.72. The van der Waals surface area contributed by atoms with E-state index in [2.05, 4.69) is 4.99 Å². The first kappa shape index (κ1) is 9.84. The Kier molecular flexibility index (Phi) is 3.55. The molecule has 0 aromatic heterocycles. The van der Waals surface area contributed by atoms with Gasteiger partial charge in [0.05, 0.1) is 12.3 Å². The van der Waals surface area contributed by atoms with Crippen LogP contribution in [0.15, 0.2) is 35.3 Å². The number of rotatable bonds is 3. The summed E-state index contributed by atoms with van der Waals surface area (Å²) in [6.45, 7) is 1.79. The zero-order chi connectivity index (χ0) is 9.68. The molecule has 3 heteroatoms. The topological polar surface area (TPSA) is 12.4 Å². The fraction of sp³-hybridized carbons (Fsp3) is 0.300. The minimum atomic E-state index is -2.47. The van der Waals surface area contributed by atoms with Gasteiger partial charge in [0.2, 0.25) is 0 Å². The van der Waals surface area contributed by atoms with Gasteiger partial charge in [0.25, 0.3) is 6.43 Å². The van der Waals surface area contributed by atoms with E-state index in [9.17, 15) is 8.78 Å². The molecular weight excluding hydrogens is 172 g/mol. The number of hydrogen-bond acceptors (Lipinski definition) is 1. The maximum Gasteiger partial charge on any atom is 0.273 e. The van der Waals surface area contributed by atoms with E-state index in [0.29, 0.717) is 6.21 Å². The predicted molar refractivity (Wildman–Crippen MR) is 49.4 cm³/mol. The Morgan fingerprint density at radius 2 is 1.85 bits per heavy atom. The molecule has 0 saturated carbocycles. The normalized spacial score (nSPS) is 13.8. The summed E-state index contributed by atoms with van der Waals surface area (Å²) in [5.41, 5.74) is 0.944. The van der Waals surface area contributed by atoms with Gasteiger partial charge in [0.15, 0.2) is 0 Å². The quantitative estimate of drug-likeness (QED) is 0.638. The van der Waals surface area contributed by atoms with Crippen LogP contribution in [0.2, 0.25) is 0 Å². The van der Waals surface area contributed by atoms with E-state index in [4.69, 9.17) is 0 Å². The Bertz CT molecular complexity index is 270. The first-order valence-corrected chi connectivity index (χ1v) is 4.06. The molecule has 1 atom stereocenters. The van der Waals surface area contributed by atoms with Gasteiger partial charge in [-0.3, -0.25) is 4.99 Å². The highest BCUT2D eigenvalue weighted by atomic mass is 19.3. The highest BCUT2D eigenvalue weighted by Gasteiger charge is 2.02. The van der Waals surface area contributed by atoms with Crippen molar-refractivity contribution in [1.82, 2.24) is 0 Å². The zero-order valence-electron chi connectivity index (χ0n) is 7.32. The van der Waals surface area contributed by atoms with Gasteiger partial charge in [-0.1, -0.05) is 30.3 Å². The molecule has 0 aliphatic heterocycles. The highest BCUT2D eigenvalue weighted by Crippen LogP contribution is 2.15. The number of benzene rings is 1. The zero-order valence-corrected chi connectivity index (χ0v) is 7.32.